The lowest BCUT2D eigenvalue weighted by atomic mass is 9.98. The Kier molecular flexibility index (Phi) is 4.62. The monoisotopic (exact) mass is 171 g/mol. The minimum Gasteiger partial charge on any atom is -0.393 e. The summed E-state index contributed by atoms with van der Waals surface area (Å²) in [6, 6.07) is 0.584. The third-order valence-corrected chi connectivity index (χ3v) is 2.59. The predicted octanol–water partition coefficient (Wildman–Crippen LogP) is 1.68. The quantitative estimate of drug-likeness (QED) is 0.674. The van der Waals surface area contributed by atoms with Gasteiger partial charge in [-0.15, -0.1) is 0 Å². The van der Waals surface area contributed by atoms with Crippen molar-refractivity contribution in [2.45, 2.75) is 57.6 Å². The summed E-state index contributed by atoms with van der Waals surface area (Å²) in [4.78, 5) is 0. The maximum absolute atomic E-state index is 9.56. The van der Waals surface area contributed by atoms with Gasteiger partial charge in [0.25, 0.3) is 0 Å². The number of hydrogen-bond acceptors (Lipinski definition) is 2. The maximum atomic E-state index is 9.56. The molecular weight excluding hydrogens is 150 g/mol. The van der Waals surface area contributed by atoms with Crippen LogP contribution in [0, 0.1) is 0 Å². The van der Waals surface area contributed by atoms with Gasteiger partial charge in [-0.2, -0.15) is 0 Å². The van der Waals surface area contributed by atoms with E-state index in [9.17, 15) is 5.11 Å². The third kappa shape index (κ3) is 3.55. The molecular formula is C10H21NO. The number of aliphatic hydroxyl groups excluding tert-OH is 1. The highest BCUT2D eigenvalue weighted by atomic mass is 16.3. The third-order valence-electron chi connectivity index (χ3n) is 2.59. The lowest BCUT2D eigenvalue weighted by Gasteiger charge is -2.25. The fraction of sp³-hybridized carbons (Fsp3) is 1.00. The van der Waals surface area contributed by atoms with Crippen molar-refractivity contribution < 1.29 is 5.11 Å². The second-order valence-corrected chi connectivity index (χ2v) is 3.83. The molecule has 2 heteroatoms. The molecule has 0 aliphatic carbocycles. The molecule has 1 aliphatic heterocycles. The Morgan fingerprint density at radius 3 is 2.92 bits per heavy atom. The Hall–Kier alpha value is -0.0800. The van der Waals surface area contributed by atoms with Crippen molar-refractivity contribution in [1.29, 1.82) is 0 Å². The van der Waals surface area contributed by atoms with Crippen molar-refractivity contribution >= 4 is 0 Å². The van der Waals surface area contributed by atoms with Crippen LogP contribution in [0.25, 0.3) is 0 Å². The van der Waals surface area contributed by atoms with E-state index < -0.39 is 0 Å². The van der Waals surface area contributed by atoms with Crippen molar-refractivity contribution in [3.63, 3.8) is 0 Å². The highest BCUT2D eigenvalue weighted by Crippen LogP contribution is 2.13. The lowest BCUT2D eigenvalue weighted by Crippen LogP contribution is -2.36. The normalized spacial score (nSPS) is 27.0. The summed E-state index contributed by atoms with van der Waals surface area (Å²) in [7, 11) is 0. The van der Waals surface area contributed by atoms with E-state index in [1.54, 1.807) is 0 Å². The van der Waals surface area contributed by atoms with Crippen LogP contribution in [-0.4, -0.2) is 23.8 Å². The number of piperidine rings is 1. The summed E-state index contributed by atoms with van der Waals surface area (Å²) in [5.74, 6) is 0. The largest absolute Gasteiger partial charge is 0.393 e. The molecule has 72 valence electrons. The summed E-state index contributed by atoms with van der Waals surface area (Å²) in [5, 5.41) is 13.0. The van der Waals surface area contributed by atoms with Gasteiger partial charge in [-0.1, -0.05) is 19.8 Å². The standard InChI is InChI=1S/C10H21NO/c1-2-5-10(12)8-9-6-3-4-7-11-9/h9-12H,2-8H2,1H3/t9-,10-/m1/s1. The van der Waals surface area contributed by atoms with E-state index in [4.69, 9.17) is 0 Å². The van der Waals surface area contributed by atoms with Crippen molar-refractivity contribution in [2.75, 3.05) is 6.54 Å². The molecule has 0 aromatic rings. The van der Waals surface area contributed by atoms with Crippen LogP contribution in [0.1, 0.15) is 45.4 Å². The highest BCUT2D eigenvalue weighted by Gasteiger charge is 2.15. The summed E-state index contributed by atoms with van der Waals surface area (Å²) in [6.45, 7) is 3.26. The summed E-state index contributed by atoms with van der Waals surface area (Å²) < 4.78 is 0. The Labute approximate surface area is 75.4 Å². The predicted molar refractivity (Wildman–Crippen MR) is 51.2 cm³/mol. The van der Waals surface area contributed by atoms with E-state index in [1.165, 1.54) is 19.3 Å². The topological polar surface area (TPSA) is 32.3 Å². The van der Waals surface area contributed by atoms with E-state index in [0.29, 0.717) is 6.04 Å². The van der Waals surface area contributed by atoms with Gasteiger partial charge in [0.1, 0.15) is 0 Å². The van der Waals surface area contributed by atoms with Crippen LogP contribution >= 0.6 is 0 Å². The smallest absolute Gasteiger partial charge is 0.0555 e. The van der Waals surface area contributed by atoms with Gasteiger partial charge in [0, 0.05) is 6.04 Å². The van der Waals surface area contributed by atoms with E-state index in [0.717, 1.165) is 25.8 Å². The van der Waals surface area contributed by atoms with Crippen LogP contribution in [0.2, 0.25) is 0 Å². The first kappa shape index (κ1) is 10.0. The fourth-order valence-corrected chi connectivity index (χ4v) is 1.90. The van der Waals surface area contributed by atoms with E-state index >= 15 is 0 Å². The lowest BCUT2D eigenvalue weighted by molar-refractivity contribution is 0.133. The SMILES string of the molecule is CCC[C@@H](O)C[C@H]1CCCCN1. The Balaban J connectivity index is 2.11. The molecule has 0 aromatic heterocycles. The highest BCUT2D eigenvalue weighted by molar-refractivity contribution is 4.74. The molecule has 2 N–H and O–H groups in total. The van der Waals surface area contributed by atoms with Crippen LogP contribution in [0.4, 0.5) is 0 Å². The number of hydrogen-bond donors (Lipinski definition) is 2. The summed E-state index contributed by atoms with van der Waals surface area (Å²) in [5.41, 5.74) is 0. The van der Waals surface area contributed by atoms with Crippen LogP contribution in [-0.2, 0) is 0 Å². The van der Waals surface area contributed by atoms with Crippen LogP contribution in [0.5, 0.6) is 0 Å². The fourth-order valence-electron chi connectivity index (χ4n) is 1.90. The molecule has 0 unspecified atom stereocenters. The van der Waals surface area contributed by atoms with Crippen molar-refractivity contribution in [1.82, 2.24) is 5.32 Å². The second kappa shape index (κ2) is 5.55. The Morgan fingerprint density at radius 2 is 2.33 bits per heavy atom. The van der Waals surface area contributed by atoms with Crippen LogP contribution in [0.3, 0.4) is 0 Å². The van der Waals surface area contributed by atoms with Gasteiger partial charge in [0.2, 0.25) is 0 Å². The van der Waals surface area contributed by atoms with E-state index in [-0.39, 0.29) is 6.10 Å². The molecule has 0 saturated carbocycles. The molecule has 12 heavy (non-hydrogen) atoms. The molecule has 2 nitrogen and oxygen atoms in total. The molecule has 0 bridgehead atoms. The molecule has 1 saturated heterocycles. The number of nitrogens with one attached hydrogen (secondary N) is 1. The van der Waals surface area contributed by atoms with Gasteiger partial charge >= 0.3 is 0 Å². The van der Waals surface area contributed by atoms with Crippen LogP contribution < -0.4 is 5.32 Å². The Bertz CT molecular complexity index is 110. The molecule has 1 rings (SSSR count). The molecule has 0 radical (unpaired) electrons. The molecule has 1 aliphatic rings. The average Bonchev–Trinajstić information content (AvgIpc) is 2.06. The van der Waals surface area contributed by atoms with Gasteiger partial charge in [-0.3, -0.25) is 0 Å². The number of aliphatic hydroxyl groups is 1. The minimum absolute atomic E-state index is 0.0781. The summed E-state index contributed by atoms with van der Waals surface area (Å²) in [6.07, 6.45) is 6.81. The van der Waals surface area contributed by atoms with Gasteiger partial charge in [0.15, 0.2) is 0 Å². The molecule has 2 atom stereocenters. The zero-order chi connectivity index (χ0) is 8.81. The first-order valence-corrected chi connectivity index (χ1v) is 5.24. The van der Waals surface area contributed by atoms with Crippen LogP contribution in [0.15, 0.2) is 0 Å². The van der Waals surface area contributed by atoms with Crippen molar-refractivity contribution in [2.24, 2.45) is 0 Å². The van der Waals surface area contributed by atoms with Gasteiger partial charge < -0.3 is 10.4 Å². The van der Waals surface area contributed by atoms with Gasteiger partial charge in [0.05, 0.1) is 6.10 Å². The molecule has 1 heterocycles. The van der Waals surface area contributed by atoms with E-state index in [2.05, 4.69) is 12.2 Å². The number of rotatable bonds is 4. The molecule has 0 amide bonds. The maximum Gasteiger partial charge on any atom is 0.0555 e. The minimum atomic E-state index is -0.0781. The van der Waals surface area contributed by atoms with Gasteiger partial charge in [-0.25, -0.2) is 0 Å². The van der Waals surface area contributed by atoms with Gasteiger partial charge in [-0.05, 0) is 32.2 Å². The van der Waals surface area contributed by atoms with Crippen molar-refractivity contribution in [3.05, 3.63) is 0 Å². The van der Waals surface area contributed by atoms with Crippen molar-refractivity contribution in [3.8, 4) is 0 Å². The molecule has 0 spiro atoms. The summed E-state index contributed by atoms with van der Waals surface area (Å²) >= 11 is 0. The zero-order valence-electron chi connectivity index (χ0n) is 8.05. The first-order chi connectivity index (χ1) is 5.83. The average molecular weight is 171 g/mol. The molecule has 1 fully saturated rings. The zero-order valence-corrected chi connectivity index (χ0v) is 8.05. The van der Waals surface area contributed by atoms with E-state index in [1.807, 2.05) is 0 Å². The molecule has 0 aromatic carbocycles. The first-order valence-electron chi connectivity index (χ1n) is 5.24. The Morgan fingerprint density at radius 1 is 1.50 bits per heavy atom. The second-order valence-electron chi connectivity index (χ2n) is 3.83.